The Bertz CT molecular complexity index is 738. The van der Waals surface area contributed by atoms with E-state index in [-0.39, 0.29) is 11.5 Å². The number of aryl methyl sites for hydroxylation is 1. The molecule has 1 aromatic heterocycles. The molecule has 6 nitrogen and oxygen atoms in total. The Kier molecular flexibility index (Phi) is 4.97. The van der Waals surface area contributed by atoms with Gasteiger partial charge in [0.15, 0.2) is 15.6 Å². The van der Waals surface area contributed by atoms with E-state index in [4.69, 9.17) is 4.52 Å². The molecule has 0 bridgehead atoms. The van der Waals surface area contributed by atoms with Gasteiger partial charge in [-0.2, -0.15) is 0 Å². The van der Waals surface area contributed by atoms with Gasteiger partial charge in [-0.25, -0.2) is 8.42 Å². The first-order chi connectivity index (χ1) is 10.4. The summed E-state index contributed by atoms with van der Waals surface area (Å²) in [7, 11) is -3.65. The predicted molar refractivity (Wildman–Crippen MR) is 81.6 cm³/mol. The Labute approximate surface area is 129 Å². The molecule has 0 fully saturated rings. The molecule has 0 aliphatic carbocycles. The fourth-order valence-electron chi connectivity index (χ4n) is 1.90. The van der Waals surface area contributed by atoms with Crippen LogP contribution in [-0.2, 0) is 26.9 Å². The van der Waals surface area contributed by atoms with Gasteiger partial charge in [0.2, 0.25) is 5.91 Å². The van der Waals surface area contributed by atoms with Gasteiger partial charge in [0.05, 0.1) is 5.69 Å². The lowest BCUT2D eigenvalue weighted by atomic mass is 10.2. The molecule has 0 aliphatic heterocycles. The van der Waals surface area contributed by atoms with Gasteiger partial charge in [-0.1, -0.05) is 35.5 Å². The SMILES string of the molecule is Cc1cc(CS(=O)(=O)C(C)C(=O)NCc2ccccc2)on1. The number of hydrogen-bond acceptors (Lipinski definition) is 5. The van der Waals surface area contributed by atoms with Crippen LogP contribution in [0.5, 0.6) is 0 Å². The minimum absolute atomic E-state index is 0.236. The van der Waals surface area contributed by atoms with Gasteiger partial charge < -0.3 is 9.84 Å². The summed E-state index contributed by atoms with van der Waals surface area (Å²) >= 11 is 0. The van der Waals surface area contributed by atoms with E-state index in [1.807, 2.05) is 30.3 Å². The van der Waals surface area contributed by atoms with Gasteiger partial charge in [0.1, 0.15) is 11.0 Å². The van der Waals surface area contributed by atoms with Gasteiger partial charge >= 0.3 is 0 Å². The van der Waals surface area contributed by atoms with Gasteiger partial charge in [-0.05, 0) is 19.4 Å². The maximum atomic E-state index is 12.2. The van der Waals surface area contributed by atoms with Crippen LogP contribution >= 0.6 is 0 Å². The molecule has 1 unspecified atom stereocenters. The number of carbonyl (C=O) groups excluding carboxylic acids is 1. The molecule has 1 heterocycles. The topological polar surface area (TPSA) is 89.3 Å². The summed E-state index contributed by atoms with van der Waals surface area (Å²) in [6.45, 7) is 3.37. The Morgan fingerprint density at radius 2 is 2.00 bits per heavy atom. The van der Waals surface area contributed by atoms with Crippen molar-refractivity contribution in [2.75, 3.05) is 0 Å². The van der Waals surface area contributed by atoms with Crippen LogP contribution in [-0.4, -0.2) is 24.7 Å². The fraction of sp³-hybridized carbons (Fsp3) is 0.333. The van der Waals surface area contributed by atoms with Crippen molar-refractivity contribution in [1.82, 2.24) is 10.5 Å². The highest BCUT2D eigenvalue weighted by Crippen LogP contribution is 2.12. The molecule has 1 amide bonds. The van der Waals surface area contributed by atoms with Crippen molar-refractivity contribution >= 4 is 15.7 Å². The quantitative estimate of drug-likeness (QED) is 0.872. The molecular formula is C15H18N2O4S. The van der Waals surface area contributed by atoms with Crippen LogP contribution in [0.15, 0.2) is 40.9 Å². The highest BCUT2D eigenvalue weighted by atomic mass is 32.2. The van der Waals surface area contributed by atoms with Crippen LogP contribution in [0.1, 0.15) is 23.9 Å². The number of amides is 1. The van der Waals surface area contributed by atoms with Gasteiger partial charge in [-0.3, -0.25) is 4.79 Å². The molecule has 0 saturated heterocycles. The molecule has 1 aromatic carbocycles. The van der Waals surface area contributed by atoms with E-state index in [2.05, 4.69) is 10.5 Å². The first kappa shape index (κ1) is 16.2. The van der Waals surface area contributed by atoms with Crippen molar-refractivity contribution in [3.05, 3.63) is 53.4 Å². The highest BCUT2D eigenvalue weighted by Gasteiger charge is 2.29. The lowest BCUT2D eigenvalue weighted by molar-refractivity contribution is -0.120. The summed E-state index contributed by atoms with van der Waals surface area (Å²) in [6, 6.07) is 10.8. The zero-order valence-electron chi connectivity index (χ0n) is 12.4. The Morgan fingerprint density at radius 3 is 2.59 bits per heavy atom. The number of hydrogen-bond donors (Lipinski definition) is 1. The lowest BCUT2D eigenvalue weighted by Gasteiger charge is -2.12. The summed E-state index contributed by atoms with van der Waals surface area (Å²) < 4.78 is 29.3. The third-order valence-corrected chi connectivity index (χ3v) is 5.22. The average molecular weight is 322 g/mol. The minimum Gasteiger partial charge on any atom is -0.360 e. The third kappa shape index (κ3) is 4.17. The number of sulfone groups is 1. The van der Waals surface area contributed by atoms with Crippen LogP contribution in [0.4, 0.5) is 0 Å². The number of nitrogens with zero attached hydrogens (tertiary/aromatic N) is 1. The van der Waals surface area contributed by atoms with Crippen LogP contribution in [0.3, 0.4) is 0 Å². The molecule has 0 radical (unpaired) electrons. The van der Waals surface area contributed by atoms with Gasteiger partial charge in [0, 0.05) is 12.6 Å². The fourth-order valence-corrected chi connectivity index (χ4v) is 3.09. The zero-order chi connectivity index (χ0) is 16.2. The molecular weight excluding hydrogens is 304 g/mol. The second kappa shape index (κ2) is 6.74. The standard InChI is InChI=1S/C15H18N2O4S/c1-11-8-14(21-17-11)10-22(19,20)12(2)15(18)16-9-13-6-4-3-5-7-13/h3-8,12H,9-10H2,1-2H3,(H,16,18). The van der Waals surface area contributed by atoms with Crippen LogP contribution in [0.25, 0.3) is 0 Å². The number of aromatic nitrogens is 1. The third-order valence-electron chi connectivity index (χ3n) is 3.24. The van der Waals surface area contributed by atoms with Crippen LogP contribution in [0.2, 0.25) is 0 Å². The lowest BCUT2D eigenvalue weighted by Crippen LogP contribution is -2.38. The van der Waals surface area contributed by atoms with E-state index < -0.39 is 21.0 Å². The van der Waals surface area contributed by atoms with Crippen molar-refractivity contribution in [2.45, 2.75) is 31.4 Å². The normalized spacial score (nSPS) is 12.8. The second-order valence-electron chi connectivity index (χ2n) is 5.09. The predicted octanol–water partition coefficient (Wildman–Crippen LogP) is 1.60. The van der Waals surface area contributed by atoms with Gasteiger partial charge in [-0.15, -0.1) is 0 Å². The highest BCUT2D eigenvalue weighted by molar-refractivity contribution is 7.92. The second-order valence-corrected chi connectivity index (χ2v) is 7.41. The molecule has 1 N–H and O–H groups in total. The van der Waals surface area contributed by atoms with E-state index in [9.17, 15) is 13.2 Å². The smallest absolute Gasteiger partial charge is 0.238 e. The van der Waals surface area contributed by atoms with Crippen LogP contribution < -0.4 is 5.32 Å². The number of nitrogens with one attached hydrogen (secondary N) is 1. The molecule has 1 atom stereocenters. The molecule has 22 heavy (non-hydrogen) atoms. The van der Waals surface area contributed by atoms with E-state index in [0.717, 1.165) is 5.56 Å². The molecule has 118 valence electrons. The summed E-state index contributed by atoms with van der Waals surface area (Å²) in [5.74, 6) is -0.631. The van der Waals surface area contributed by atoms with Crippen molar-refractivity contribution in [3.8, 4) is 0 Å². The Hall–Kier alpha value is -2.15. The molecule has 0 aliphatic rings. The summed E-state index contributed by atoms with van der Waals surface area (Å²) in [6.07, 6.45) is 0. The van der Waals surface area contributed by atoms with E-state index in [1.165, 1.54) is 6.92 Å². The Morgan fingerprint density at radius 1 is 1.32 bits per heavy atom. The molecule has 7 heteroatoms. The summed E-state index contributed by atoms with van der Waals surface area (Å²) in [5, 5.41) is 5.12. The first-order valence-electron chi connectivity index (χ1n) is 6.84. The first-order valence-corrected chi connectivity index (χ1v) is 8.55. The molecule has 0 spiro atoms. The molecule has 2 rings (SSSR count). The summed E-state index contributed by atoms with van der Waals surface area (Å²) in [4.78, 5) is 12.0. The summed E-state index contributed by atoms with van der Waals surface area (Å²) in [5.41, 5.74) is 1.51. The zero-order valence-corrected chi connectivity index (χ0v) is 13.3. The average Bonchev–Trinajstić information content (AvgIpc) is 2.89. The largest absolute Gasteiger partial charge is 0.360 e. The van der Waals surface area contributed by atoms with Crippen molar-refractivity contribution in [2.24, 2.45) is 0 Å². The number of benzene rings is 1. The Balaban J connectivity index is 1.96. The maximum absolute atomic E-state index is 12.2. The maximum Gasteiger partial charge on any atom is 0.238 e. The van der Waals surface area contributed by atoms with Crippen molar-refractivity contribution < 1.29 is 17.7 Å². The van der Waals surface area contributed by atoms with Crippen molar-refractivity contribution in [1.29, 1.82) is 0 Å². The molecule has 2 aromatic rings. The van der Waals surface area contributed by atoms with Crippen molar-refractivity contribution in [3.63, 3.8) is 0 Å². The van der Waals surface area contributed by atoms with Crippen LogP contribution in [0, 0.1) is 6.92 Å². The number of rotatable bonds is 6. The minimum atomic E-state index is -3.65. The monoisotopic (exact) mass is 322 g/mol. The van der Waals surface area contributed by atoms with Gasteiger partial charge in [0.25, 0.3) is 0 Å². The number of carbonyl (C=O) groups is 1. The molecule has 0 saturated carbocycles. The van der Waals surface area contributed by atoms with E-state index in [0.29, 0.717) is 12.2 Å². The van der Waals surface area contributed by atoms with E-state index >= 15 is 0 Å². The van der Waals surface area contributed by atoms with E-state index in [1.54, 1.807) is 13.0 Å².